The first-order chi connectivity index (χ1) is 12.5. The molecule has 7 atom stereocenters. The van der Waals surface area contributed by atoms with Crippen molar-refractivity contribution >= 4 is 21.9 Å². The van der Waals surface area contributed by atoms with Gasteiger partial charge in [0.2, 0.25) is 0 Å². The summed E-state index contributed by atoms with van der Waals surface area (Å²) in [5, 5.41) is -0.0122. The number of hydrogen-bond donors (Lipinski definition) is 0. The SMILES string of the molecule is O=C1C2C3C=CC(C3)C2C(=O)N1OS(=O)(=O)C1CCC2CCCCC2C1. The van der Waals surface area contributed by atoms with Crippen LogP contribution < -0.4 is 0 Å². The van der Waals surface area contributed by atoms with E-state index in [9.17, 15) is 18.0 Å². The Kier molecular flexibility index (Phi) is 3.84. The monoisotopic (exact) mass is 379 g/mol. The Balaban J connectivity index is 1.31. The Labute approximate surface area is 154 Å². The van der Waals surface area contributed by atoms with Gasteiger partial charge in [0.15, 0.2) is 0 Å². The van der Waals surface area contributed by atoms with Crippen LogP contribution in [0.4, 0.5) is 0 Å². The van der Waals surface area contributed by atoms with Gasteiger partial charge in [-0.15, -0.1) is 9.35 Å². The third kappa shape index (κ3) is 2.43. The maximum atomic E-state index is 12.8. The van der Waals surface area contributed by atoms with Gasteiger partial charge in [-0.25, -0.2) is 0 Å². The van der Waals surface area contributed by atoms with Crippen LogP contribution in [0.3, 0.4) is 0 Å². The molecule has 2 amide bonds. The average Bonchev–Trinajstić information content (AvgIpc) is 3.31. The summed E-state index contributed by atoms with van der Waals surface area (Å²) in [6.07, 6.45) is 11.5. The zero-order valence-corrected chi connectivity index (χ0v) is 15.6. The molecule has 7 unspecified atom stereocenters. The third-order valence-corrected chi connectivity index (χ3v) is 9.11. The van der Waals surface area contributed by atoms with Crippen molar-refractivity contribution in [1.29, 1.82) is 0 Å². The maximum absolute atomic E-state index is 12.8. The molecule has 4 fully saturated rings. The van der Waals surface area contributed by atoms with E-state index in [0.29, 0.717) is 29.7 Å². The standard InChI is InChI=1S/C19H25NO5S/c21-18-16-13-5-6-14(9-13)17(16)19(22)20(18)25-26(23,24)15-8-7-11-3-1-2-4-12(11)10-15/h5-6,11-17H,1-4,7-10H2. The van der Waals surface area contributed by atoms with Gasteiger partial charge >= 0.3 is 0 Å². The minimum absolute atomic E-state index is 0.0513. The van der Waals surface area contributed by atoms with E-state index >= 15 is 0 Å². The highest BCUT2D eigenvalue weighted by Gasteiger charge is 2.61. The molecule has 0 aromatic rings. The van der Waals surface area contributed by atoms with Crippen molar-refractivity contribution in [3.63, 3.8) is 0 Å². The quantitative estimate of drug-likeness (QED) is 0.556. The van der Waals surface area contributed by atoms with E-state index in [2.05, 4.69) is 0 Å². The third-order valence-electron chi connectivity index (χ3n) is 7.51. The smallest absolute Gasteiger partial charge is 0.272 e. The summed E-state index contributed by atoms with van der Waals surface area (Å²) < 4.78 is 30.8. The van der Waals surface area contributed by atoms with Crippen LogP contribution in [0, 0.1) is 35.5 Å². The Morgan fingerprint density at radius 2 is 1.46 bits per heavy atom. The lowest BCUT2D eigenvalue weighted by atomic mass is 9.71. The number of nitrogens with zero attached hydrogens (tertiary/aromatic N) is 1. The molecule has 0 aromatic heterocycles. The van der Waals surface area contributed by atoms with Crippen LogP contribution in [0.5, 0.6) is 0 Å². The number of carbonyl (C=O) groups excluding carboxylic acids is 2. The van der Waals surface area contributed by atoms with Crippen LogP contribution in [0.1, 0.15) is 51.4 Å². The lowest BCUT2D eigenvalue weighted by Crippen LogP contribution is -2.41. The topological polar surface area (TPSA) is 80.8 Å². The number of imide groups is 1. The molecule has 1 saturated heterocycles. The highest BCUT2D eigenvalue weighted by atomic mass is 32.2. The second-order valence-electron chi connectivity index (χ2n) is 8.78. The first kappa shape index (κ1) is 16.9. The summed E-state index contributed by atoms with van der Waals surface area (Å²) in [5.74, 6) is -0.621. The molecule has 3 saturated carbocycles. The number of fused-ring (bicyclic) bond motifs is 6. The first-order valence-electron chi connectivity index (χ1n) is 9.95. The van der Waals surface area contributed by atoms with Crippen molar-refractivity contribution in [2.24, 2.45) is 35.5 Å². The summed E-state index contributed by atoms with van der Waals surface area (Å²) >= 11 is 0. The summed E-state index contributed by atoms with van der Waals surface area (Å²) in [7, 11) is -3.96. The number of hydrogen-bond acceptors (Lipinski definition) is 5. The summed E-state index contributed by atoms with van der Waals surface area (Å²) in [4.78, 5) is 25.3. The summed E-state index contributed by atoms with van der Waals surface area (Å²) in [6, 6.07) is 0. The molecule has 1 heterocycles. The molecule has 0 spiro atoms. The van der Waals surface area contributed by atoms with E-state index in [0.717, 1.165) is 25.7 Å². The first-order valence-corrected chi connectivity index (χ1v) is 11.4. The minimum atomic E-state index is -3.96. The van der Waals surface area contributed by atoms with Gasteiger partial charge in [0.25, 0.3) is 21.9 Å². The van der Waals surface area contributed by atoms with Crippen LogP contribution >= 0.6 is 0 Å². The van der Waals surface area contributed by atoms with E-state index in [-0.39, 0.29) is 11.8 Å². The number of amides is 2. The summed E-state index contributed by atoms with van der Waals surface area (Å²) in [5.41, 5.74) is 0. The van der Waals surface area contributed by atoms with Crippen LogP contribution in [0.2, 0.25) is 0 Å². The number of allylic oxidation sites excluding steroid dienone is 2. The van der Waals surface area contributed by atoms with Crippen molar-refractivity contribution < 1.29 is 22.3 Å². The van der Waals surface area contributed by atoms with Crippen molar-refractivity contribution in [3.8, 4) is 0 Å². The Bertz CT molecular complexity index is 745. The molecule has 142 valence electrons. The van der Waals surface area contributed by atoms with Gasteiger partial charge in [0.1, 0.15) is 0 Å². The molecule has 5 aliphatic rings. The fraction of sp³-hybridized carbons (Fsp3) is 0.789. The molecule has 6 nitrogen and oxygen atoms in total. The van der Waals surface area contributed by atoms with Gasteiger partial charge in [-0.2, -0.15) is 8.42 Å². The van der Waals surface area contributed by atoms with Crippen molar-refractivity contribution in [3.05, 3.63) is 12.2 Å². The molecule has 0 N–H and O–H groups in total. The van der Waals surface area contributed by atoms with Gasteiger partial charge in [-0.05, 0) is 49.4 Å². The van der Waals surface area contributed by atoms with E-state index in [1.165, 1.54) is 12.8 Å². The molecular formula is C19H25NO5S. The van der Waals surface area contributed by atoms with Gasteiger partial charge in [-0.1, -0.05) is 37.8 Å². The molecule has 1 aliphatic heterocycles. The van der Waals surface area contributed by atoms with Crippen LogP contribution in [-0.2, 0) is 24.0 Å². The van der Waals surface area contributed by atoms with Gasteiger partial charge < -0.3 is 0 Å². The minimum Gasteiger partial charge on any atom is -0.272 e. The Morgan fingerprint density at radius 3 is 2.12 bits per heavy atom. The fourth-order valence-electron chi connectivity index (χ4n) is 6.21. The molecular weight excluding hydrogens is 354 g/mol. The summed E-state index contributed by atoms with van der Waals surface area (Å²) in [6.45, 7) is 0. The molecule has 4 aliphatic carbocycles. The van der Waals surface area contributed by atoms with Crippen LogP contribution in [0.25, 0.3) is 0 Å². The van der Waals surface area contributed by atoms with Crippen LogP contribution in [0.15, 0.2) is 12.2 Å². The molecule has 7 heteroatoms. The van der Waals surface area contributed by atoms with Crippen molar-refractivity contribution in [1.82, 2.24) is 5.06 Å². The number of rotatable bonds is 3. The molecule has 2 bridgehead atoms. The van der Waals surface area contributed by atoms with Crippen molar-refractivity contribution in [2.45, 2.75) is 56.6 Å². The normalized spacial score (nSPS) is 44.5. The zero-order chi connectivity index (χ0) is 18.1. The molecule has 26 heavy (non-hydrogen) atoms. The number of hydroxylamine groups is 2. The van der Waals surface area contributed by atoms with Crippen LogP contribution in [-0.4, -0.2) is 30.5 Å². The maximum Gasteiger partial charge on any atom is 0.291 e. The molecule has 5 rings (SSSR count). The molecule has 0 radical (unpaired) electrons. The Morgan fingerprint density at radius 1 is 0.846 bits per heavy atom. The van der Waals surface area contributed by atoms with E-state index < -0.39 is 39.0 Å². The lowest BCUT2D eigenvalue weighted by Gasteiger charge is -2.38. The zero-order valence-electron chi connectivity index (χ0n) is 14.7. The fourth-order valence-corrected chi connectivity index (χ4v) is 7.59. The predicted molar refractivity (Wildman–Crippen MR) is 92.7 cm³/mol. The molecule has 0 aromatic carbocycles. The second kappa shape index (κ2) is 5.89. The highest BCUT2D eigenvalue weighted by molar-refractivity contribution is 7.87. The number of carbonyl (C=O) groups is 2. The lowest BCUT2D eigenvalue weighted by molar-refractivity contribution is -0.166. The highest BCUT2D eigenvalue weighted by Crippen LogP contribution is 2.53. The average molecular weight is 379 g/mol. The van der Waals surface area contributed by atoms with E-state index in [4.69, 9.17) is 4.28 Å². The second-order valence-corrected chi connectivity index (χ2v) is 10.6. The predicted octanol–water partition coefficient (Wildman–Crippen LogP) is 2.41. The van der Waals surface area contributed by atoms with Crippen molar-refractivity contribution in [2.75, 3.05) is 0 Å². The van der Waals surface area contributed by atoms with Gasteiger partial charge in [0, 0.05) is 0 Å². The van der Waals surface area contributed by atoms with Gasteiger partial charge in [-0.3, -0.25) is 9.59 Å². The van der Waals surface area contributed by atoms with Gasteiger partial charge in [0.05, 0.1) is 17.1 Å². The van der Waals surface area contributed by atoms with E-state index in [1.807, 2.05) is 12.2 Å². The Hall–Kier alpha value is -1.21. The largest absolute Gasteiger partial charge is 0.291 e. The van der Waals surface area contributed by atoms with E-state index in [1.54, 1.807) is 0 Å².